The lowest BCUT2D eigenvalue weighted by Crippen LogP contribution is -2.53. The van der Waals surface area contributed by atoms with Crippen LogP contribution in [0, 0.1) is 0 Å². The van der Waals surface area contributed by atoms with Gasteiger partial charge in [-0.3, -0.25) is 4.90 Å². The lowest BCUT2D eigenvalue weighted by atomic mass is 10.0. The second-order valence-corrected chi connectivity index (χ2v) is 14.4. The Labute approximate surface area is 191 Å². The van der Waals surface area contributed by atoms with Crippen molar-refractivity contribution in [3.8, 4) is 0 Å². The Bertz CT molecular complexity index is 890. The third-order valence-electron chi connectivity index (χ3n) is 6.45. The largest absolute Gasteiger partial charge is 0.473 e. The van der Waals surface area contributed by atoms with E-state index in [9.17, 15) is 9.59 Å². The number of hydrogen-bond acceptors (Lipinski definition) is 6. The van der Waals surface area contributed by atoms with E-state index in [0.29, 0.717) is 6.42 Å². The normalized spacial score (nSPS) is 23.0. The van der Waals surface area contributed by atoms with Crippen molar-refractivity contribution in [1.82, 2.24) is 4.90 Å². The number of rotatable bonds is 5. The molecule has 3 atom stereocenters. The Balaban J connectivity index is 1.91. The SMILES string of the molecule is COC(=O)[C@@H]1CC2=COC=CC(O[Si](C)(C)C(C)(C)C)[C@H]2N1C(=O)OCc1ccccc1. The molecule has 174 valence electrons. The Morgan fingerprint density at radius 3 is 2.50 bits per heavy atom. The van der Waals surface area contributed by atoms with E-state index in [1.807, 2.05) is 36.4 Å². The summed E-state index contributed by atoms with van der Waals surface area (Å²) in [6.07, 6.45) is 4.23. The van der Waals surface area contributed by atoms with Crippen LogP contribution in [0.15, 0.2) is 54.5 Å². The zero-order valence-corrected chi connectivity index (χ0v) is 20.7. The Hall–Kier alpha value is -2.58. The van der Waals surface area contributed by atoms with E-state index >= 15 is 0 Å². The van der Waals surface area contributed by atoms with Gasteiger partial charge in [-0.2, -0.15) is 0 Å². The van der Waals surface area contributed by atoms with Crippen LogP contribution in [-0.4, -0.2) is 50.6 Å². The van der Waals surface area contributed by atoms with E-state index in [0.717, 1.165) is 11.1 Å². The van der Waals surface area contributed by atoms with Crippen LogP contribution in [-0.2, 0) is 30.0 Å². The number of amides is 1. The minimum Gasteiger partial charge on any atom is -0.473 e. The molecule has 0 saturated carbocycles. The second kappa shape index (κ2) is 9.50. The van der Waals surface area contributed by atoms with Gasteiger partial charge in [0.15, 0.2) is 8.32 Å². The molecule has 0 aromatic heterocycles. The van der Waals surface area contributed by atoms with Crippen LogP contribution in [0.1, 0.15) is 32.8 Å². The van der Waals surface area contributed by atoms with Crippen molar-refractivity contribution in [3.05, 3.63) is 60.1 Å². The van der Waals surface area contributed by atoms with Gasteiger partial charge in [-0.15, -0.1) is 0 Å². The maximum absolute atomic E-state index is 13.3. The number of carbonyl (C=O) groups excluding carboxylic acids is 2. The average Bonchev–Trinajstić information content (AvgIpc) is 3.02. The number of benzene rings is 1. The van der Waals surface area contributed by atoms with Gasteiger partial charge in [0.1, 0.15) is 12.6 Å². The highest BCUT2D eigenvalue weighted by Gasteiger charge is 2.51. The van der Waals surface area contributed by atoms with Gasteiger partial charge in [-0.05, 0) is 35.3 Å². The van der Waals surface area contributed by atoms with E-state index in [4.69, 9.17) is 18.6 Å². The molecule has 1 aromatic carbocycles. The maximum Gasteiger partial charge on any atom is 0.411 e. The molecule has 2 heterocycles. The lowest BCUT2D eigenvalue weighted by Gasteiger charge is -2.41. The molecule has 0 bridgehead atoms. The summed E-state index contributed by atoms with van der Waals surface area (Å²) in [5, 5.41) is -0.0309. The predicted molar refractivity (Wildman–Crippen MR) is 123 cm³/mol. The van der Waals surface area contributed by atoms with Crippen LogP contribution in [0.5, 0.6) is 0 Å². The van der Waals surface area contributed by atoms with Crippen molar-refractivity contribution in [3.63, 3.8) is 0 Å². The van der Waals surface area contributed by atoms with Gasteiger partial charge in [0.25, 0.3) is 0 Å². The van der Waals surface area contributed by atoms with Crippen molar-refractivity contribution < 1.29 is 28.2 Å². The zero-order chi connectivity index (χ0) is 23.5. The van der Waals surface area contributed by atoms with Gasteiger partial charge in [0.05, 0.1) is 31.8 Å². The molecule has 0 radical (unpaired) electrons. The maximum atomic E-state index is 13.3. The molecule has 1 unspecified atom stereocenters. The van der Waals surface area contributed by atoms with Gasteiger partial charge in [0.2, 0.25) is 0 Å². The van der Waals surface area contributed by atoms with E-state index < -0.39 is 38.6 Å². The minimum absolute atomic E-state index is 0.0309. The number of ether oxygens (including phenoxy) is 3. The monoisotopic (exact) mass is 459 g/mol. The van der Waals surface area contributed by atoms with Gasteiger partial charge in [0, 0.05) is 6.42 Å². The average molecular weight is 460 g/mol. The van der Waals surface area contributed by atoms with Gasteiger partial charge in [-0.1, -0.05) is 51.1 Å². The summed E-state index contributed by atoms with van der Waals surface area (Å²) in [6, 6.07) is 8.10. The van der Waals surface area contributed by atoms with E-state index in [1.165, 1.54) is 12.0 Å². The van der Waals surface area contributed by atoms with E-state index in [1.54, 1.807) is 12.5 Å². The second-order valence-electron chi connectivity index (χ2n) is 9.64. The summed E-state index contributed by atoms with van der Waals surface area (Å²) >= 11 is 0. The Morgan fingerprint density at radius 1 is 1.19 bits per heavy atom. The van der Waals surface area contributed by atoms with Crippen molar-refractivity contribution in [2.45, 2.75) is 70.1 Å². The molecule has 2 aliphatic heterocycles. The molecule has 0 spiro atoms. The van der Waals surface area contributed by atoms with Crippen LogP contribution in [0.4, 0.5) is 4.79 Å². The molecular formula is C24H33NO6Si. The quantitative estimate of drug-likeness (QED) is 0.467. The van der Waals surface area contributed by atoms with Crippen molar-refractivity contribution in [2.75, 3.05) is 7.11 Å². The van der Waals surface area contributed by atoms with Crippen molar-refractivity contribution in [1.29, 1.82) is 0 Å². The smallest absolute Gasteiger partial charge is 0.411 e. The molecule has 2 aliphatic rings. The molecule has 3 rings (SSSR count). The molecule has 0 N–H and O–H groups in total. The van der Waals surface area contributed by atoms with Crippen molar-refractivity contribution >= 4 is 20.4 Å². The molecule has 7 nitrogen and oxygen atoms in total. The molecule has 1 amide bonds. The molecular weight excluding hydrogens is 426 g/mol. The third-order valence-corrected chi connectivity index (χ3v) is 10.9. The highest BCUT2D eigenvalue weighted by Crippen LogP contribution is 2.41. The summed E-state index contributed by atoms with van der Waals surface area (Å²) in [7, 11) is -0.879. The first-order valence-corrected chi connectivity index (χ1v) is 13.7. The Kier molecular flexibility index (Phi) is 7.15. The van der Waals surface area contributed by atoms with E-state index in [-0.39, 0.29) is 11.6 Å². The van der Waals surface area contributed by atoms with Crippen molar-refractivity contribution in [2.24, 2.45) is 0 Å². The molecule has 0 aliphatic carbocycles. The number of fused-ring (bicyclic) bond motifs is 1. The highest BCUT2D eigenvalue weighted by atomic mass is 28.4. The van der Waals surface area contributed by atoms with Crippen LogP contribution < -0.4 is 0 Å². The van der Waals surface area contributed by atoms with Gasteiger partial charge < -0.3 is 18.6 Å². The fourth-order valence-corrected chi connectivity index (χ4v) is 4.89. The number of methoxy groups -OCH3 is 1. The molecule has 1 aromatic rings. The summed E-state index contributed by atoms with van der Waals surface area (Å²) in [4.78, 5) is 27.3. The first-order valence-electron chi connectivity index (χ1n) is 10.8. The molecule has 8 heteroatoms. The van der Waals surface area contributed by atoms with Crippen LogP contribution in [0.2, 0.25) is 18.1 Å². The topological polar surface area (TPSA) is 74.3 Å². The minimum atomic E-state index is -2.20. The van der Waals surface area contributed by atoms with E-state index in [2.05, 4.69) is 33.9 Å². The first-order chi connectivity index (χ1) is 15.0. The van der Waals surface area contributed by atoms with Crippen LogP contribution in [0.25, 0.3) is 0 Å². The van der Waals surface area contributed by atoms with Gasteiger partial charge >= 0.3 is 12.1 Å². The first kappa shape index (κ1) is 24.1. The fourth-order valence-electron chi connectivity index (χ4n) is 3.64. The van der Waals surface area contributed by atoms with Gasteiger partial charge in [-0.25, -0.2) is 9.59 Å². The Morgan fingerprint density at radius 2 is 1.88 bits per heavy atom. The number of nitrogens with zero attached hydrogens (tertiary/aromatic N) is 1. The number of carbonyl (C=O) groups is 2. The summed E-state index contributed by atoms with van der Waals surface area (Å²) in [6.45, 7) is 10.9. The standard InChI is InChI=1S/C24H33NO6Si/c1-24(2,3)32(5,6)31-20-12-13-29-16-18-14-19(22(26)28-4)25(21(18)20)23(27)30-15-17-10-8-7-9-11-17/h7-13,16,19-21H,14-15H2,1-6H3/t19-,20?,21-/m0/s1. The number of esters is 1. The molecule has 1 saturated heterocycles. The zero-order valence-electron chi connectivity index (χ0n) is 19.7. The number of likely N-dealkylation sites (tertiary alicyclic amines) is 1. The lowest BCUT2D eigenvalue weighted by molar-refractivity contribution is -0.146. The predicted octanol–water partition coefficient (Wildman–Crippen LogP) is 4.76. The summed E-state index contributed by atoms with van der Waals surface area (Å²) in [5.41, 5.74) is 1.66. The highest BCUT2D eigenvalue weighted by molar-refractivity contribution is 6.74. The molecule has 32 heavy (non-hydrogen) atoms. The molecule has 1 fully saturated rings. The van der Waals surface area contributed by atoms with Crippen LogP contribution in [0.3, 0.4) is 0 Å². The number of hydrogen-bond donors (Lipinski definition) is 0. The fraction of sp³-hybridized carbons (Fsp3) is 0.500. The summed E-state index contributed by atoms with van der Waals surface area (Å²) in [5.74, 6) is -0.495. The summed E-state index contributed by atoms with van der Waals surface area (Å²) < 4.78 is 22.8. The third kappa shape index (κ3) is 5.07. The van der Waals surface area contributed by atoms with Crippen LogP contribution >= 0.6 is 0 Å².